The van der Waals surface area contributed by atoms with Crippen molar-refractivity contribution in [3.63, 3.8) is 0 Å². The van der Waals surface area contributed by atoms with Crippen molar-refractivity contribution in [1.82, 2.24) is 0 Å². The number of rotatable bonds is 2. The van der Waals surface area contributed by atoms with Gasteiger partial charge in [-0.15, -0.1) is 6.58 Å². The largest absolute Gasteiger partial charge is 0.393 e. The molecule has 58 valence electrons. The van der Waals surface area contributed by atoms with Gasteiger partial charge >= 0.3 is 0 Å². The highest BCUT2D eigenvalue weighted by atomic mass is 16.3. The first-order chi connectivity index (χ1) is 4.75. The molecule has 0 heterocycles. The maximum absolute atomic E-state index is 9.28. The van der Waals surface area contributed by atoms with Crippen molar-refractivity contribution >= 4 is 0 Å². The van der Waals surface area contributed by atoms with Gasteiger partial charge in [0.2, 0.25) is 0 Å². The van der Waals surface area contributed by atoms with E-state index in [4.69, 9.17) is 0 Å². The second-order valence-electron chi connectivity index (χ2n) is 2.89. The lowest BCUT2D eigenvalue weighted by Crippen LogP contribution is -2.25. The summed E-state index contributed by atoms with van der Waals surface area (Å²) in [6.45, 7) is 3.48. The van der Waals surface area contributed by atoms with E-state index >= 15 is 0 Å². The van der Waals surface area contributed by atoms with Crippen molar-refractivity contribution in [1.29, 1.82) is 0 Å². The van der Waals surface area contributed by atoms with Gasteiger partial charge in [-0.05, 0) is 12.8 Å². The molecule has 0 saturated heterocycles. The molecule has 1 rings (SSSR count). The summed E-state index contributed by atoms with van der Waals surface area (Å²) in [5.41, 5.74) is 0. The van der Waals surface area contributed by atoms with E-state index in [1.165, 1.54) is 6.08 Å². The normalized spacial score (nSPS) is 35.8. The molecule has 1 aliphatic rings. The van der Waals surface area contributed by atoms with Gasteiger partial charge in [-0.3, -0.25) is 0 Å². The Morgan fingerprint density at radius 1 is 1.50 bits per heavy atom. The minimum Gasteiger partial charge on any atom is -0.393 e. The van der Waals surface area contributed by atoms with E-state index in [2.05, 4.69) is 6.58 Å². The molecule has 10 heavy (non-hydrogen) atoms. The van der Waals surface area contributed by atoms with E-state index in [1.54, 1.807) is 0 Å². The fourth-order valence-corrected chi connectivity index (χ4v) is 1.54. The van der Waals surface area contributed by atoms with Gasteiger partial charge in [0.25, 0.3) is 0 Å². The third-order valence-electron chi connectivity index (χ3n) is 2.21. The molecule has 1 aliphatic carbocycles. The monoisotopic (exact) mass is 142 g/mol. The van der Waals surface area contributed by atoms with Crippen molar-refractivity contribution in [3.8, 4) is 0 Å². The molecule has 0 aliphatic heterocycles. The molecule has 2 nitrogen and oxygen atoms in total. The molecule has 0 aromatic rings. The molecule has 0 amide bonds. The molecule has 0 bridgehead atoms. The molecule has 0 radical (unpaired) electrons. The highest BCUT2D eigenvalue weighted by Crippen LogP contribution is 2.28. The maximum Gasteiger partial charge on any atom is 0.0771 e. The van der Waals surface area contributed by atoms with Crippen LogP contribution in [0.25, 0.3) is 0 Å². The van der Waals surface area contributed by atoms with Crippen LogP contribution in [0, 0.1) is 5.92 Å². The standard InChI is InChI=1S/C8H14O2/c1-2-7(9)6-4-3-5-8(6)10/h2,6-10H,1,3-5H2. The Bertz CT molecular complexity index is 122. The van der Waals surface area contributed by atoms with Crippen molar-refractivity contribution in [3.05, 3.63) is 12.7 Å². The summed E-state index contributed by atoms with van der Waals surface area (Å²) in [6.07, 6.45) is 3.45. The van der Waals surface area contributed by atoms with Crippen LogP contribution in [0.2, 0.25) is 0 Å². The van der Waals surface area contributed by atoms with Gasteiger partial charge < -0.3 is 10.2 Å². The zero-order chi connectivity index (χ0) is 7.56. The molecule has 1 fully saturated rings. The third-order valence-corrected chi connectivity index (χ3v) is 2.21. The van der Waals surface area contributed by atoms with Gasteiger partial charge in [0.05, 0.1) is 12.2 Å². The number of aliphatic hydroxyl groups excluding tert-OH is 2. The molecule has 2 N–H and O–H groups in total. The lowest BCUT2D eigenvalue weighted by molar-refractivity contribution is 0.0567. The third kappa shape index (κ3) is 1.39. The molecule has 0 aromatic heterocycles. The molecule has 0 spiro atoms. The van der Waals surface area contributed by atoms with Crippen LogP contribution in [0.5, 0.6) is 0 Å². The second kappa shape index (κ2) is 3.17. The van der Waals surface area contributed by atoms with Crippen LogP contribution in [0.4, 0.5) is 0 Å². The molecule has 0 aromatic carbocycles. The SMILES string of the molecule is C=CC(O)C1CCCC1O. The molecule has 3 unspecified atom stereocenters. The predicted molar refractivity (Wildman–Crippen MR) is 39.6 cm³/mol. The Labute approximate surface area is 61.2 Å². The topological polar surface area (TPSA) is 40.5 Å². The van der Waals surface area contributed by atoms with Crippen molar-refractivity contribution in [2.45, 2.75) is 31.5 Å². The Morgan fingerprint density at radius 2 is 2.20 bits per heavy atom. The van der Waals surface area contributed by atoms with Crippen LogP contribution in [0.1, 0.15) is 19.3 Å². The van der Waals surface area contributed by atoms with Gasteiger partial charge in [0.15, 0.2) is 0 Å². The lowest BCUT2D eigenvalue weighted by atomic mass is 9.99. The van der Waals surface area contributed by atoms with Crippen molar-refractivity contribution in [2.75, 3.05) is 0 Å². The Hall–Kier alpha value is -0.340. The lowest BCUT2D eigenvalue weighted by Gasteiger charge is -2.17. The Morgan fingerprint density at radius 3 is 2.60 bits per heavy atom. The molecular weight excluding hydrogens is 128 g/mol. The minimum atomic E-state index is -0.516. The van der Waals surface area contributed by atoms with Crippen LogP contribution in [0.3, 0.4) is 0 Å². The Kier molecular flexibility index (Phi) is 2.46. The van der Waals surface area contributed by atoms with Gasteiger partial charge in [-0.2, -0.15) is 0 Å². The summed E-state index contributed by atoms with van der Waals surface area (Å²) >= 11 is 0. The van der Waals surface area contributed by atoms with Gasteiger partial charge in [0.1, 0.15) is 0 Å². The molecule has 3 atom stereocenters. The quantitative estimate of drug-likeness (QED) is 0.557. The maximum atomic E-state index is 9.28. The van der Waals surface area contributed by atoms with Crippen molar-refractivity contribution in [2.24, 2.45) is 5.92 Å². The highest BCUT2D eigenvalue weighted by molar-refractivity contribution is 4.91. The molecule has 2 heteroatoms. The number of hydrogen-bond donors (Lipinski definition) is 2. The van der Waals surface area contributed by atoms with E-state index in [9.17, 15) is 10.2 Å². The average molecular weight is 142 g/mol. The Balaban J connectivity index is 2.46. The second-order valence-corrected chi connectivity index (χ2v) is 2.89. The van der Waals surface area contributed by atoms with Crippen LogP contribution in [0.15, 0.2) is 12.7 Å². The summed E-state index contributed by atoms with van der Waals surface area (Å²) in [5.74, 6) is 0.0394. The summed E-state index contributed by atoms with van der Waals surface area (Å²) in [6, 6.07) is 0. The zero-order valence-corrected chi connectivity index (χ0v) is 6.03. The zero-order valence-electron chi connectivity index (χ0n) is 6.03. The predicted octanol–water partition coefficient (Wildman–Crippen LogP) is 0.694. The van der Waals surface area contributed by atoms with E-state index in [0.717, 1.165) is 19.3 Å². The van der Waals surface area contributed by atoms with Crippen LogP contribution < -0.4 is 0 Å². The van der Waals surface area contributed by atoms with E-state index in [0.29, 0.717) is 0 Å². The van der Waals surface area contributed by atoms with Gasteiger partial charge in [-0.1, -0.05) is 12.5 Å². The van der Waals surface area contributed by atoms with Crippen LogP contribution >= 0.6 is 0 Å². The number of hydrogen-bond acceptors (Lipinski definition) is 2. The first kappa shape index (κ1) is 7.76. The smallest absolute Gasteiger partial charge is 0.0771 e. The summed E-state index contributed by atoms with van der Waals surface area (Å²) in [4.78, 5) is 0. The fourth-order valence-electron chi connectivity index (χ4n) is 1.54. The van der Waals surface area contributed by atoms with Gasteiger partial charge in [-0.25, -0.2) is 0 Å². The number of aliphatic hydroxyl groups is 2. The molecular formula is C8H14O2. The first-order valence-corrected chi connectivity index (χ1v) is 3.74. The molecule has 1 saturated carbocycles. The highest BCUT2D eigenvalue weighted by Gasteiger charge is 2.29. The summed E-state index contributed by atoms with van der Waals surface area (Å²) in [5, 5.41) is 18.5. The average Bonchev–Trinajstić information content (AvgIpc) is 2.34. The summed E-state index contributed by atoms with van der Waals surface area (Å²) in [7, 11) is 0. The van der Waals surface area contributed by atoms with E-state index < -0.39 is 6.10 Å². The van der Waals surface area contributed by atoms with E-state index in [-0.39, 0.29) is 12.0 Å². The first-order valence-electron chi connectivity index (χ1n) is 3.74. The summed E-state index contributed by atoms with van der Waals surface area (Å²) < 4.78 is 0. The van der Waals surface area contributed by atoms with Crippen molar-refractivity contribution < 1.29 is 10.2 Å². The van der Waals surface area contributed by atoms with E-state index in [1.807, 2.05) is 0 Å². The van der Waals surface area contributed by atoms with Crippen LogP contribution in [-0.4, -0.2) is 22.4 Å². The van der Waals surface area contributed by atoms with Crippen LogP contribution in [-0.2, 0) is 0 Å². The van der Waals surface area contributed by atoms with Gasteiger partial charge in [0, 0.05) is 5.92 Å². The fraction of sp³-hybridized carbons (Fsp3) is 0.750. The minimum absolute atomic E-state index is 0.0394.